The van der Waals surface area contributed by atoms with Gasteiger partial charge in [-0.15, -0.1) is 0 Å². The lowest BCUT2D eigenvalue weighted by molar-refractivity contribution is 0.760. The first-order valence-electron chi connectivity index (χ1n) is 6.41. The highest BCUT2D eigenvalue weighted by Gasteiger charge is 2.07. The van der Waals surface area contributed by atoms with Crippen molar-refractivity contribution in [3.8, 4) is 0 Å². The van der Waals surface area contributed by atoms with E-state index in [0.717, 1.165) is 36.5 Å². The Morgan fingerprint density at radius 2 is 2.05 bits per heavy atom. The Morgan fingerprint density at radius 1 is 1.32 bits per heavy atom. The predicted octanol–water partition coefficient (Wildman–Crippen LogP) is 4.62. The van der Waals surface area contributed by atoms with Gasteiger partial charge in [0.1, 0.15) is 5.82 Å². The number of halogens is 2. The lowest BCUT2D eigenvalue weighted by atomic mass is 10.2. The van der Waals surface area contributed by atoms with Crippen LogP contribution in [0.2, 0.25) is 5.15 Å². The molecule has 0 saturated carbocycles. The number of nitrogens with one attached hydrogen (secondary N) is 2. The van der Waals surface area contributed by atoms with Gasteiger partial charge in [-0.05, 0) is 53.3 Å². The Balaban J connectivity index is 1.95. The van der Waals surface area contributed by atoms with Gasteiger partial charge in [0.25, 0.3) is 0 Å². The number of imidazole rings is 1. The third kappa shape index (κ3) is 4.38. The first-order chi connectivity index (χ1) is 9.19. The van der Waals surface area contributed by atoms with Crippen LogP contribution in [0, 0.1) is 3.57 Å². The molecule has 0 aliphatic carbocycles. The van der Waals surface area contributed by atoms with Gasteiger partial charge >= 0.3 is 0 Å². The van der Waals surface area contributed by atoms with Crippen LogP contribution in [-0.2, 0) is 13.0 Å². The van der Waals surface area contributed by atoms with Crippen molar-refractivity contribution >= 4 is 39.9 Å². The highest BCUT2D eigenvalue weighted by Crippen LogP contribution is 2.17. The van der Waals surface area contributed by atoms with Crippen molar-refractivity contribution in [3.05, 3.63) is 44.5 Å². The topological polar surface area (TPSA) is 40.7 Å². The molecular formula is C14H17ClIN3. The number of H-pyrrole nitrogens is 1. The molecule has 0 spiro atoms. The van der Waals surface area contributed by atoms with E-state index in [1.807, 2.05) is 0 Å². The number of hydrogen-bond acceptors (Lipinski definition) is 2. The second-order valence-corrected chi connectivity index (χ2v) is 6.02. The van der Waals surface area contributed by atoms with E-state index < -0.39 is 0 Å². The van der Waals surface area contributed by atoms with Crippen LogP contribution in [-0.4, -0.2) is 9.97 Å². The molecule has 0 unspecified atom stereocenters. The fourth-order valence-corrected chi connectivity index (χ4v) is 2.35. The van der Waals surface area contributed by atoms with E-state index in [2.05, 4.69) is 69.1 Å². The fraction of sp³-hybridized carbons (Fsp3) is 0.357. The summed E-state index contributed by atoms with van der Waals surface area (Å²) in [6.45, 7) is 2.84. The molecule has 0 amide bonds. The monoisotopic (exact) mass is 389 g/mol. The van der Waals surface area contributed by atoms with Crippen molar-refractivity contribution in [3.63, 3.8) is 0 Å². The molecule has 1 aromatic heterocycles. The van der Waals surface area contributed by atoms with Crippen LogP contribution >= 0.6 is 34.2 Å². The summed E-state index contributed by atoms with van der Waals surface area (Å²) in [6, 6.07) is 8.27. The molecule has 2 aromatic rings. The largest absolute Gasteiger partial charge is 0.379 e. The molecule has 0 aliphatic heterocycles. The van der Waals surface area contributed by atoms with Gasteiger partial charge in [-0.1, -0.05) is 24.9 Å². The average molecular weight is 390 g/mol. The highest BCUT2D eigenvalue weighted by atomic mass is 127. The molecular weight excluding hydrogens is 373 g/mol. The second-order valence-electron chi connectivity index (χ2n) is 4.42. The number of aromatic nitrogens is 2. The number of anilines is 1. The minimum Gasteiger partial charge on any atom is -0.379 e. The van der Waals surface area contributed by atoms with Crippen molar-refractivity contribution in [2.75, 3.05) is 5.32 Å². The molecule has 1 aromatic carbocycles. The molecule has 0 fully saturated rings. The van der Waals surface area contributed by atoms with Crippen molar-refractivity contribution in [2.24, 2.45) is 0 Å². The fourth-order valence-electron chi connectivity index (χ4n) is 1.78. The number of benzene rings is 1. The highest BCUT2D eigenvalue weighted by molar-refractivity contribution is 14.1. The smallest absolute Gasteiger partial charge is 0.152 e. The van der Waals surface area contributed by atoms with Crippen LogP contribution in [0.5, 0.6) is 0 Å². The zero-order chi connectivity index (χ0) is 13.7. The number of rotatable bonds is 6. The van der Waals surface area contributed by atoms with Crippen LogP contribution in [0.1, 0.15) is 31.3 Å². The van der Waals surface area contributed by atoms with E-state index in [0.29, 0.717) is 11.7 Å². The van der Waals surface area contributed by atoms with Crippen LogP contribution in [0.4, 0.5) is 5.69 Å². The lowest BCUT2D eigenvalue weighted by Gasteiger charge is -2.05. The Labute approximate surface area is 132 Å². The van der Waals surface area contributed by atoms with Gasteiger partial charge in [0.15, 0.2) is 5.15 Å². The average Bonchev–Trinajstić information content (AvgIpc) is 2.76. The summed E-state index contributed by atoms with van der Waals surface area (Å²) in [5, 5.41) is 3.91. The Morgan fingerprint density at radius 3 is 2.74 bits per heavy atom. The van der Waals surface area contributed by atoms with E-state index in [-0.39, 0.29) is 0 Å². The molecule has 1 heterocycles. The van der Waals surface area contributed by atoms with Gasteiger partial charge in [0.05, 0.1) is 12.2 Å². The van der Waals surface area contributed by atoms with Crippen LogP contribution in [0.3, 0.4) is 0 Å². The number of nitrogens with zero attached hydrogens (tertiary/aromatic N) is 1. The molecule has 0 saturated heterocycles. The Kier molecular flexibility index (Phi) is 5.51. The van der Waals surface area contributed by atoms with E-state index in [1.165, 1.54) is 3.57 Å². The first-order valence-corrected chi connectivity index (χ1v) is 7.87. The van der Waals surface area contributed by atoms with Gasteiger partial charge < -0.3 is 10.3 Å². The zero-order valence-corrected chi connectivity index (χ0v) is 13.8. The molecule has 5 heteroatoms. The minimum atomic E-state index is 0.573. The molecule has 0 bridgehead atoms. The van der Waals surface area contributed by atoms with Crippen LogP contribution in [0.15, 0.2) is 24.3 Å². The summed E-state index contributed by atoms with van der Waals surface area (Å²) in [4.78, 5) is 7.63. The summed E-state index contributed by atoms with van der Waals surface area (Å²) >= 11 is 8.42. The maximum atomic E-state index is 6.13. The Bertz CT molecular complexity index is 522. The normalized spacial score (nSPS) is 10.7. The van der Waals surface area contributed by atoms with E-state index in [1.54, 1.807) is 0 Å². The summed E-state index contributed by atoms with van der Waals surface area (Å²) in [5.41, 5.74) is 2.03. The molecule has 2 rings (SSSR count). The number of aryl methyl sites for hydroxylation is 1. The third-order valence-corrected chi connectivity index (χ3v) is 3.89. The van der Waals surface area contributed by atoms with E-state index >= 15 is 0 Å². The van der Waals surface area contributed by atoms with Crippen LogP contribution in [0.25, 0.3) is 0 Å². The van der Waals surface area contributed by atoms with Crippen molar-refractivity contribution < 1.29 is 0 Å². The van der Waals surface area contributed by atoms with Crippen molar-refractivity contribution in [1.82, 2.24) is 9.97 Å². The molecule has 2 N–H and O–H groups in total. The molecule has 102 valence electrons. The molecule has 0 aliphatic rings. The summed E-state index contributed by atoms with van der Waals surface area (Å²) < 4.78 is 1.23. The van der Waals surface area contributed by atoms with Gasteiger partial charge in [-0.25, -0.2) is 4.98 Å². The maximum Gasteiger partial charge on any atom is 0.152 e. The van der Waals surface area contributed by atoms with Gasteiger partial charge in [-0.3, -0.25) is 0 Å². The summed E-state index contributed by atoms with van der Waals surface area (Å²) in [6.07, 6.45) is 3.25. The third-order valence-electron chi connectivity index (χ3n) is 2.86. The zero-order valence-electron chi connectivity index (χ0n) is 10.8. The molecule has 19 heavy (non-hydrogen) atoms. The van der Waals surface area contributed by atoms with Gasteiger partial charge in [0.2, 0.25) is 0 Å². The van der Waals surface area contributed by atoms with Crippen LogP contribution < -0.4 is 5.32 Å². The number of aromatic amines is 1. The van der Waals surface area contributed by atoms with E-state index in [9.17, 15) is 0 Å². The van der Waals surface area contributed by atoms with Gasteiger partial charge in [0, 0.05) is 15.7 Å². The summed E-state index contributed by atoms with van der Waals surface area (Å²) in [5.74, 6) is 0.978. The number of unbranched alkanes of at least 4 members (excludes halogenated alkanes) is 1. The standard InChI is InChI=1S/C14H17ClIN3/c1-2-3-4-13-18-12(14(15)19-13)9-17-11-7-5-10(16)6-8-11/h5-8,17H,2-4,9H2,1H3,(H,18,19). The SMILES string of the molecule is CCCCc1nc(Cl)c(CNc2ccc(I)cc2)[nH]1. The first kappa shape index (κ1) is 14.7. The quantitative estimate of drug-likeness (QED) is 0.708. The lowest BCUT2D eigenvalue weighted by Crippen LogP contribution is -2.00. The maximum absolute atomic E-state index is 6.13. The predicted molar refractivity (Wildman–Crippen MR) is 88.7 cm³/mol. The number of hydrogen-bond donors (Lipinski definition) is 2. The minimum absolute atomic E-state index is 0.573. The van der Waals surface area contributed by atoms with E-state index in [4.69, 9.17) is 11.6 Å². The molecule has 0 atom stereocenters. The molecule has 3 nitrogen and oxygen atoms in total. The molecule has 0 radical (unpaired) electrons. The van der Waals surface area contributed by atoms with Crippen molar-refractivity contribution in [2.45, 2.75) is 32.7 Å². The van der Waals surface area contributed by atoms with Crippen molar-refractivity contribution in [1.29, 1.82) is 0 Å². The second kappa shape index (κ2) is 7.14. The van der Waals surface area contributed by atoms with Gasteiger partial charge in [-0.2, -0.15) is 0 Å². The summed E-state index contributed by atoms with van der Waals surface area (Å²) in [7, 11) is 0. The Hall–Kier alpha value is -0.750.